The van der Waals surface area contributed by atoms with Crippen molar-refractivity contribution >= 4 is 11.8 Å². The van der Waals surface area contributed by atoms with E-state index in [4.69, 9.17) is 9.26 Å². The van der Waals surface area contributed by atoms with Crippen molar-refractivity contribution in [2.24, 2.45) is 0 Å². The Morgan fingerprint density at radius 3 is 2.83 bits per heavy atom. The van der Waals surface area contributed by atoms with E-state index in [9.17, 15) is 9.59 Å². The van der Waals surface area contributed by atoms with E-state index in [-0.39, 0.29) is 17.9 Å². The summed E-state index contributed by atoms with van der Waals surface area (Å²) in [5.74, 6) is 0.380. The molecule has 2 aliphatic rings. The lowest BCUT2D eigenvalue weighted by Gasteiger charge is -2.37. The number of aromatic nitrogens is 1. The SMILES string of the molecule is CC(=O)N1CCC[C@]1(Cc1cc(-c2ccccc2)no1)C(=O)N[C@@H]1CCCOC1. The van der Waals surface area contributed by atoms with Crippen LogP contribution in [0.5, 0.6) is 0 Å². The summed E-state index contributed by atoms with van der Waals surface area (Å²) in [5, 5.41) is 7.30. The van der Waals surface area contributed by atoms with E-state index in [1.807, 2.05) is 36.4 Å². The van der Waals surface area contributed by atoms with Crippen LogP contribution in [-0.2, 0) is 20.7 Å². The normalized spacial score (nSPS) is 24.4. The second-order valence-electron chi connectivity index (χ2n) is 7.91. The van der Waals surface area contributed by atoms with Crippen molar-refractivity contribution in [3.05, 3.63) is 42.2 Å². The predicted octanol–water partition coefficient (Wildman–Crippen LogP) is 2.56. The van der Waals surface area contributed by atoms with Crippen LogP contribution in [0, 0.1) is 0 Å². The summed E-state index contributed by atoms with van der Waals surface area (Å²) in [4.78, 5) is 27.5. The zero-order valence-electron chi connectivity index (χ0n) is 16.7. The van der Waals surface area contributed by atoms with Crippen molar-refractivity contribution in [2.75, 3.05) is 19.8 Å². The quantitative estimate of drug-likeness (QED) is 0.838. The Hall–Kier alpha value is -2.67. The number of hydrogen-bond donors (Lipinski definition) is 1. The number of amides is 2. The molecule has 7 heteroatoms. The molecule has 0 bridgehead atoms. The van der Waals surface area contributed by atoms with E-state index >= 15 is 0 Å². The molecule has 0 aliphatic carbocycles. The van der Waals surface area contributed by atoms with E-state index in [2.05, 4.69) is 10.5 Å². The highest BCUT2D eigenvalue weighted by molar-refractivity contribution is 5.92. The van der Waals surface area contributed by atoms with Gasteiger partial charge in [0.25, 0.3) is 0 Å². The van der Waals surface area contributed by atoms with E-state index in [1.54, 1.807) is 4.90 Å². The van der Waals surface area contributed by atoms with Gasteiger partial charge in [-0.2, -0.15) is 0 Å². The predicted molar refractivity (Wildman–Crippen MR) is 107 cm³/mol. The molecule has 1 N–H and O–H groups in total. The highest BCUT2D eigenvalue weighted by Gasteiger charge is 2.50. The third kappa shape index (κ3) is 4.05. The molecule has 2 fully saturated rings. The second kappa shape index (κ2) is 8.37. The third-order valence-electron chi connectivity index (χ3n) is 5.88. The van der Waals surface area contributed by atoms with Crippen molar-refractivity contribution in [1.82, 2.24) is 15.4 Å². The Labute approximate surface area is 170 Å². The fourth-order valence-corrected chi connectivity index (χ4v) is 4.44. The summed E-state index contributed by atoms with van der Waals surface area (Å²) in [6.45, 7) is 3.34. The lowest BCUT2D eigenvalue weighted by Crippen LogP contribution is -2.60. The van der Waals surface area contributed by atoms with Gasteiger partial charge in [-0.1, -0.05) is 35.5 Å². The smallest absolute Gasteiger partial charge is 0.246 e. The molecule has 1 aromatic heterocycles. The Morgan fingerprint density at radius 2 is 2.10 bits per heavy atom. The Morgan fingerprint density at radius 1 is 1.28 bits per heavy atom. The van der Waals surface area contributed by atoms with Crippen molar-refractivity contribution in [3.63, 3.8) is 0 Å². The summed E-state index contributed by atoms with van der Waals surface area (Å²) in [6.07, 6.45) is 3.52. The van der Waals surface area contributed by atoms with Gasteiger partial charge < -0.3 is 19.5 Å². The highest BCUT2D eigenvalue weighted by atomic mass is 16.5. The molecule has 0 unspecified atom stereocenters. The van der Waals surface area contributed by atoms with Gasteiger partial charge in [-0.05, 0) is 25.7 Å². The Bertz CT molecular complexity index is 860. The molecule has 2 atom stereocenters. The number of nitrogens with zero attached hydrogens (tertiary/aromatic N) is 2. The first-order valence-electron chi connectivity index (χ1n) is 10.3. The lowest BCUT2D eigenvalue weighted by molar-refractivity contribution is -0.144. The maximum Gasteiger partial charge on any atom is 0.246 e. The van der Waals surface area contributed by atoms with E-state index in [0.717, 1.165) is 37.1 Å². The van der Waals surface area contributed by atoms with E-state index in [1.165, 1.54) is 6.92 Å². The van der Waals surface area contributed by atoms with Crippen molar-refractivity contribution in [2.45, 2.75) is 50.6 Å². The minimum atomic E-state index is -0.948. The zero-order valence-corrected chi connectivity index (χ0v) is 16.7. The van der Waals surface area contributed by atoms with Crippen molar-refractivity contribution in [1.29, 1.82) is 0 Å². The lowest BCUT2D eigenvalue weighted by atomic mass is 9.88. The number of likely N-dealkylation sites (tertiary alicyclic amines) is 1. The summed E-state index contributed by atoms with van der Waals surface area (Å²) in [6, 6.07) is 11.6. The monoisotopic (exact) mass is 397 g/mol. The van der Waals surface area contributed by atoms with Gasteiger partial charge in [-0.25, -0.2) is 0 Å². The molecular weight excluding hydrogens is 370 g/mol. The standard InChI is InChI=1S/C22H27N3O4/c1-16(26)25-11-6-10-22(25,21(27)23-18-9-5-12-28-15-18)14-19-13-20(24-29-19)17-7-3-2-4-8-17/h2-4,7-8,13,18H,5-6,9-12,14-15H2,1H3,(H,23,27)/t18-,22+/m1/s1. The molecule has 0 spiro atoms. The van der Waals surface area contributed by atoms with Crippen LogP contribution in [0.25, 0.3) is 11.3 Å². The molecular formula is C22H27N3O4. The van der Waals surface area contributed by atoms with Gasteiger partial charge in [0.2, 0.25) is 11.8 Å². The molecule has 4 rings (SSSR count). The Balaban J connectivity index is 1.58. The number of benzene rings is 1. The number of hydrogen-bond acceptors (Lipinski definition) is 5. The van der Waals surface area contributed by atoms with Crippen LogP contribution >= 0.6 is 0 Å². The first-order valence-corrected chi connectivity index (χ1v) is 10.3. The van der Waals surface area contributed by atoms with Crippen LogP contribution in [0.15, 0.2) is 40.9 Å². The number of nitrogens with one attached hydrogen (secondary N) is 1. The molecule has 2 amide bonds. The fraction of sp³-hybridized carbons (Fsp3) is 0.500. The van der Waals surface area contributed by atoms with Crippen LogP contribution < -0.4 is 5.32 Å². The third-order valence-corrected chi connectivity index (χ3v) is 5.88. The Kier molecular flexibility index (Phi) is 5.67. The average Bonchev–Trinajstić information content (AvgIpc) is 3.38. The van der Waals surface area contributed by atoms with Crippen LogP contribution in [0.3, 0.4) is 0 Å². The van der Waals surface area contributed by atoms with Crippen LogP contribution in [-0.4, -0.2) is 53.2 Å². The van der Waals surface area contributed by atoms with Gasteiger partial charge in [-0.3, -0.25) is 9.59 Å². The highest BCUT2D eigenvalue weighted by Crippen LogP contribution is 2.34. The average molecular weight is 397 g/mol. The van der Waals surface area contributed by atoms with Gasteiger partial charge in [-0.15, -0.1) is 0 Å². The van der Waals surface area contributed by atoms with Crippen LogP contribution in [0.1, 0.15) is 38.4 Å². The topological polar surface area (TPSA) is 84.7 Å². The molecule has 29 heavy (non-hydrogen) atoms. The maximum absolute atomic E-state index is 13.4. The fourth-order valence-electron chi connectivity index (χ4n) is 4.44. The minimum absolute atomic E-state index is 0.0165. The van der Waals surface area contributed by atoms with Gasteiger partial charge in [0.05, 0.1) is 12.6 Å². The minimum Gasteiger partial charge on any atom is -0.379 e. The number of rotatable bonds is 5. The van der Waals surface area contributed by atoms with Gasteiger partial charge in [0.15, 0.2) is 0 Å². The van der Waals surface area contributed by atoms with E-state index < -0.39 is 5.54 Å². The molecule has 3 heterocycles. The molecule has 1 aromatic carbocycles. The molecule has 7 nitrogen and oxygen atoms in total. The van der Waals surface area contributed by atoms with E-state index in [0.29, 0.717) is 31.8 Å². The van der Waals surface area contributed by atoms with Gasteiger partial charge in [0, 0.05) is 38.1 Å². The molecule has 2 aromatic rings. The summed E-state index contributed by atoms with van der Waals surface area (Å²) in [7, 11) is 0. The largest absolute Gasteiger partial charge is 0.379 e. The second-order valence-corrected chi connectivity index (χ2v) is 7.91. The molecule has 0 saturated carbocycles. The number of carbonyl (C=O) groups is 2. The van der Waals surface area contributed by atoms with Crippen LogP contribution in [0.4, 0.5) is 0 Å². The molecule has 154 valence electrons. The maximum atomic E-state index is 13.4. The van der Waals surface area contributed by atoms with Gasteiger partial charge >= 0.3 is 0 Å². The van der Waals surface area contributed by atoms with Gasteiger partial charge in [0.1, 0.15) is 17.0 Å². The molecule has 0 radical (unpaired) electrons. The number of ether oxygens (including phenoxy) is 1. The molecule has 2 saturated heterocycles. The van der Waals surface area contributed by atoms with Crippen molar-refractivity contribution < 1.29 is 18.8 Å². The summed E-state index contributed by atoms with van der Waals surface area (Å²) >= 11 is 0. The summed E-state index contributed by atoms with van der Waals surface area (Å²) < 4.78 is 11.1. The van der Waals surface area contributed by atoms with Crippen molar-refractivity contribution in [3.8, 4) is 11.3 Å². The van der Waals surface area contributed by atoms with Crippen LogP contribution in [0.2, 0.25) is 0 Å². The molecule has 2 aliphatic heterocycles. The first kappa shape index (κ1) is 19.6. The zero-order chi connectivity index (χ0) is 20.3. The number of carbonyl (C=O) groups excluding carboxylic acids is 2. The summed E-state index contributed by atoms with van der Waals surface area (Å²) in [5.41, 5.74) is 0.732. The first-order chi connectivity index (χ1) is 14.1.